The molecule has 16 nitrogen and oxygen atoms in total. The molecule has 0 aromatic heterocycles. The van der Waals surface area contributed by atoms with Crippen LogP contribution in [0.25, 0.3) is 0 Å². The summed E-state index contributed by atoms with van der Waals surface area (Å²) in [4.78, 5) is 90.6. The molecule has 0 aliphatic heterocycles. The van der Waals surface area contributed by atoms with E-state index in [4.69, 9.17) is 0 Å². The van der Waals surface area contributed by atoms with E-state index in [1.807, 2.05) is 0 Å². The van der Waals surface area contributed by atoms with Gasteiger partial charge in [0.1, 0.15) is 0 Å². The van der Waals surface area contributed by atoms with Gasteiger partial charge in [-0.2, -0.15) is 0 Å². The summed E-state index contributed by atoms with van der Waals surface area (Å²) in [5.74, 6) is -27.5. The summed E-state index contributed by atoms with van der Waals surface area (Å²) in [7, 11) is 0. The van der Waals surface area contributed by atoms with Crippen LogP contribution in [0.1, 0.15) is 12.8 Å². The zero-order chi connectivity index (χ0) is 23.5. The molecule has 0 aromatic rings. The van der Waals surface area contributed by atoms with Crippen molar-refractivity contribution < 1.29 is 490 Å². The minimum absolute atomic E-state index is 0. The molecule has 24 heteroatoms. The zero-order valence-corrected chi connectivity index (χ0v) is 46.4. The van der Waals surface area contributed by atoms with Crippen molar-refractivity contribution in [3.05, 3.63) is 0 Å². The van der Waals surface area contributed by atoms with Gasteiger partial charge in [-0.3, -0.25) is 0 Å². The molecular formula is C13H4K8O16. The second-order valence-corrected chi connectivity index (χ2v) is 5.38. The van der Waals surface area contributed by atoms with Crippen molar-refractivity contribution in [3.8, 4) is 0 Å². The maximum Gasteiger partial charge on any atom is 1.00 e. The number of carboxylic acid groups (broad SMARTS) is 8. The molecule has 160 valence electrons. The number of aliphatic carboxylic acids is 8. The third-order valence-electron chi connectivity index (χ3n) is 4.11. The van der Waals surface area contributed by atoms with E-state index in [0.717, 1.165) is 0 Å². The van der Waals surface area contributed by atoms with Crippen LogP contribution in [-0.2, 0) is 38.4 Å². The Morgan fingerprint density at radius 2 is 0.514 bits per heavy atom. The van der Waals surface area contributed by atoms with Gasteiger partial charge in [-0.25, -0.2) is 0 Å². The number of hydrogen-bond acceptors (Lipinski definition) is 16. The molecule has 0 heterocycles. The largest absolute Gasteiger partial charge is 1.00 e. The predicted octanol–water partition coefficient (Wildman–Crippen LogP) is -37.2. The quantitative estimate of drug-likeness (QED) is 0.133. The Balaban J connectivity index is -0.000000140. The van der Waals surface area contributed by atoms with Crippen molar-refractivity contribution in [2.24, 2.45) is 16.2 Å². The number of carbonyl (C=O) groups excluding carboxylic acids is 8. The minimum Gasteiger partial charge on any atom is -0.550 e. The summed E-state index contributed by atoms with van der Waals surface area (Å²) in [5, 5.41) is 90.6. The van der Waals surface area contributed by atoms with Crippen LogP contribution < -0.4 is 452 Å². The fourth-order valence-corrected chi connectivity index (χ4v) is 2.91. The monoisotopic (exact) mass is 728 g/mol. The molecule has 0 amide bonds. The normalized spacial score (nSPS) is 9.30. The van der Waals surface area contributed by atoms with Crippen LogP contribution in [0.15, 0.2) is 0 Å². The van der Waals surface area contributed by atoms with E-state index >= 15 is 0 Å². The maximum absolute atomic E-state index is 11.6. The van der Waals surface area contributed by atoms with Gasteiger partial charge in [0.2, 0.25) is 0 Å². The van der Waals surface area contributed by atoms with Gasteiger partial charge in [0.25, 0.3) is 0 Å². The third kappa shape index (κ3) is 15.5. The molecular weight excluding hydrogens is 725 g/mol. The van der Waals surface area contributed by atoms with E-state index < -0.39 is 76.8 Å². The Morgan fingerprint density at radius 3 is 0.595 bits per heavy atom. The summed E-state index contributed by atoms with van der Waals surface area (Å²) < 4.78 is 0. The zero-order valence-electron chi connectivity index (χ0n) is 21.4. The summed E-state index contributed by atoms with van der Waals surface area (Å²) >= 11 is 0. The number of carbonyl (C=O) groups is 8. The smallest absolute Gasteiger partial charge is 0.550 e. The number of carboxylic acids is 8. The summed E-state index contributed by atoms with van der Waals surface area (Å²) in [6.45, 7) is 0. The topological polar surface area (TPSA) is 321 Å². The standard InChI is InChI=1S/C13H12O16.8K/c14-3(15)1-11(5(18)19,6(20)21)13(9(26)27,10(28)29)12(7(22)23,8(24)25)2-4(16)17;;;;;;;;/h1-2H2,(H,14,15)(H,16,17)(H,18,19)(H,20,21)(H,22,23)(H,24,25)(H,26,27)(H,28,29);;;;;;;;/q;8*+1/p-8. The van der Waals surface area contributed by atoms with E-state index in [2.05, 4.69) is 0 Å². The van der Waals surface area contributed by atoms with Gasteiger partial charge in [0, 0.05) is 24.8 Å². The van der Waals surface area contributed by atoms with E-state index in [1.165, 1.54) is 0 Å². The molecule has 0 bridgehead atoms. The molecule has 0 saturated heterocycles. The summed E-state index contributed by atoms with van der Waals surface area (Å²) in [5.41, 5.74) is -16.0. The molecule has 0 unspecified atom stereocenters. The Morgan fingerprint density at radius 1 is 0.351 bits per heavy atom. The van der Waals surface area contributed by atoms with Crippen molar-refractivity contribution in [2.75, 3.05) is 0 Å². The van der Waals surface area contributed by atoms with Gasteiger partial charge >= 0.3 is 411 Å². The molecule has 0 fully saturated rings. The summed E-state index contributed by atoms with van der Waals surface area (Å²) in [6.07, 6.45) is -5.65. The van der Waals surface area contributed by atoms with E-state index in [9.17, 15) is 79.2 Å². The fourth-order valence-electron chi connectivity index (χ4n) is 2.91. The maximum atomic E-state index is 11.6. The van der Waals surface area contributed by atoms with Crippen LogP contribution in [0.5, 0.6) is 0 Å². The van der Waals surface area contributed by atoms with Crippen LogP contribution in [0.3, 0.4) is 0 Å². The van der Waals surface area contributed by atoms with Crippen LogP contribution in [0.4, 0.5) is 0 Å². The first-order valence-electron chi connectivity index (χ1n) is 6.68. The second-order valence-electron chi connectivity index (χ2n) is 5.38. The average Bonchev–Trinajstić information content (AvgIpc) is 2.50. The second kappa shape index (κ2) is 30.9. The van der Waals surface area contributed by atoms with Gasteiger partial charge in [-0.15, -0.1) is 0 Å². The Bertz CT molecular complexity index is 751. The Kier molecular flexibility index (Phi) is 56.7. The van der Waals surface area contributed by atoms with Crippen molar-refractivity contribution in [2.45, 2.75) is 12.8 Å². The minimum atomic E-state index is -5.60. The summed E-state index contributed by atoms with van der Waals surface area (Å²) in [6, 6.07) is 0. The van der Waals surface area contributed by atoms with Gasteiger partial charge in [-0.1, -0.05) is 0 Å². The molecule has 0 rings (SSSR count). The molecule has 0 saturated carbocycles. The molecule has 0 radical (unpaired) electrons. The van der Waals surface area contributed by atoms with Crippen molar-refractivity contribution in [3.63, 3.8) is 0 Å². The fraction of sp³-hybridized carbons (Fsp3) is 0.385. The Labute approximate surface area is 548 Å². The van der Waals surface area contributed by atoms with Gasteiger partial charge in [0.05, 0.1) is 52.1 Å². The molecule has 37 heavy (non-hydrogen) atoms. The van der Waals surface area contributed by atoms with Gasteiger partial charge < -0.3 is 79.2 Å². The molecule has 0 aromatic carbocycles. The first-order chi connectivity index (χ1) is 13.0. The molecule has 0 aliphatic rings. The Hall–Kier alpha value is 8.85. The van der Waals surface area contributed by atoms with Crippen molar-refractivity contribution >= 4 is 47.8 Å². The number of hydrogen-bond donors (Lipinski definition) is 0. The van der Waals surface area contributed by atoms with Crippen molar-refractivity contribution in [1.82, 2.24) is 0 Å². The molecule has 0 spiro atoms. The third-order valence-corrected chi connectivity index (χ3v) is 4.11. The van der Waals surface area contributed by atoms with Crippen LogP contribution in [0, 0.1) is 16.2 Å². The van der Waals surface area contributed by atoms with E-state index in [1.54, 1.807) is 0 Å². The average molecular weight is 729 g/mol. The van der Waals surface area contributed by atoms with Gasteiger partial charge in [-0.05, 0) is 0 Å². The first-order valence-corrected chi connectivity index (χ1v) is 6.68. The first kappa shape index (κ1) is 67.9. The number of rotatable bonds is 12. The molecule has 0 N–H and O–H groups in total. The van der Waals surface area contributed by atoms with E-state index in [-0.39, 0.29) is 411 Å². The SMILES string of the molecule is O=C([O-])CC(C(=O)[O-])(C(=O)[O-])C(C(=O)[O-])(C(=O)[O-])C(CC(=O)[O-])(C(=O)[O-])C(=O)[O-].[K+].[K+].[K+].[K+].[K+].[K+].[K+].[K+]. The van der Waals surface area contributed by atoms with Gasteiger partial charge in [0.15, 0.2) is 0 Å². The van der Waals surface area contributed by atoms with Crippen LogP contribution in [-0.4, -0.2) is 47.8 Å². The van der Waals surface area contributed by atoms with Crippen molar-refractivity contribution in [1.29, 1.82) is 0 Å². The van der Waals surface area contributed by atoms with Crippen LogP contribution in [0.2, 0.25) is 0 Å². The predicted molar refractivity (Wildman–Crippen MR) is 56.6 cm³/mol. The molecule has 0 aliphatic carbocycles. The van der Waals surface area contributed by atoms with E-state index in [0.29, 0.717) is 0 Å². The van der Waals surface area contributed by atoms with Crippen LogP contribution >= 0.6 is 0 Å². The molecule has 0 atom stereocenters.